The monoisotopic (exact) mass is 305 g/mol. The highest BCUT2D eigenvalue weighted by molar-refractivity contribution is 6.62. The van der Waals surface area contributed by atoms with Crippen LogP contribution in [-0.2, 0) is 14.1 Å². The van der Waals surface area contributed by atoms with E-state index in [1.807, 2.05) is 27.7 Å². The first-order chi connectivity index (χ1) is 10.2. The Labute approximate surface area is 130 Å². The predicted molar refractivity (Wildman–Crippen MR) is 83.7 cm³/mol. The lowest BCUT2D eigenvalue weighted by Crippen LogP contribution is -2.41. The number of halogens is 1. The Kier molecular flexibility index (Phi) is 3.57. The molecule has 0 unspecified atom stereocenters. The van der Waals surface area contributed by atoms with Gasteiger partial charge >= 0.3 is 7.12 Å². The number of hydrogen-bond donors (Lipinski definition) is 0. The molecule has 2 heterocycles. The van der Waals surface area contributed by atoms with Gasteiger partial charge in [0.05, 0.1) is 16.9 Å². The molecule has 2 saturated heterocycles. The van der Waals surface area contributed by atoms with Crippen molar-refractivity contribution in [1.82, 2.24) is 0 Å². The Morgan fingerprint density at radius 2 is 1.82 bits per heavy atom. The highest BCUT2D eigenvalue weighted by atomic mass is 19.1. The molecule has 118 valence electrons. The van der Waals surface area contributed by atoms with Crippen molar-refractivity contribution in [2.45, 2.75) is 51.7 Å². The number of rotatable bonds is 2. The lowest BCUT2D eigenvalue weighted by atomic mass is 9.79. The van der Waals surface area contributed by atoms with Crippen molar-refractivity contribution in [2.75, 3.05) is 11.4 Å². The number of carbonyl (C=O) groups is 1. The van der Waals surface area contributed by atoms with Crippen LogP contribution >= 0.6 is 0 Å². The van der Waals surface area contributed by atoms with Gasteiger partial charge in [0.2, 0.25) is 5.91 Å². The summed E-state index contributed by atoms with van der Waals surface area (Å²) in [6.07, 6.45) is 1.26. The molecule has 0 spiro atoms. The molecule has 2 aliphatic heterocycles. The Hall–Kier alpha value is -1.40. The molecule has 0 atom stereocenters. The first kappa shape index (κ1) is 15.5. The van der Waals surface area contributed by atoms with Crippen LogP contribution < -0.4 is 10.4 Å². The van der Waals surface area contributed by atoms with E-state index in [0.717, 1.165) is 6.42 Å². The van der Waals surface area contributed by atoms with E-state index in [1.54, 1.807) is 12.1 Å². The molecule has 6 heteroatoms. The first-order valence-corrected chi connectivity index (χ1v) is 7.67. The summed E-state index contributed by atoms with van der Waals surface area (Å²) >= 11 is 0. The molecular weight excluding hydrogens is 284 g/mol. The summed E-state index contributed by atoms with van der Waals surface area (Å²) in [5.74, 6) is -0.440. The average molecular weight is 305 g/mol. The second-order valence-electron chi connectivity index (χ2n) is 6.95. The van der Waals surface area contributed by atoms with E-state index in [9.17, 15) is 9.18 Å². The molecule has 0 N–H and O–H groups in total. The van der Waals surface area contributed by atoms with E-state index in [2.05, 4.69) is 0 Å². The number of carbonyl (C=O) groups excluding carboxylic acids is 1. The molecule has 1 aromatic rings. The maximum atomic E-state index is 14.4. The van der Waals surface area contributed by atoms with Gasteiger partial charge in [0, 0.05) is 13.0 Å². The van der Waals surface area contributed by atoms with Gasteiger partial charge in [-0.05, 0) is 51.7 Å². The normalized spacial score (nSPS) is 23.4. The summed E-state index contributed by atoms with van der Waals surface area (Å²) in [7, 11) is -0.595. The van der Waals surface area contributed by atoms with Crippen LogP contribution in [0.1, 0.15) is 40.5 Å². The highest BCUT2D eigenvalue weighted by Gasteiger charge is 2.51. The van der Waals surface area contributed by atoms with E-state index >= 15 is 0 Å². The van der Waals surface area contributed by atoms with E-state index in [0.29, 0.717) is 24.1 Å². The number of benzene rings is 1. The summed E-state index contributed by atoms with van der Waals surface area (Å²) in [5, 5.41) is 0. The fraction of sp³-hybridized carbons (Fsp3) is 0.562. The van der Waals surface area contributed by atoms with Crippen molar-refractivity contribution in [3.8, 4) is 0 Å². The summed E-state index contributed by atoms with van der Waals surface area (Å²) in [6, 6.07) is 4.81. The van der Waals surface area contributed by atoms with Crippen molar-refractivity contribution >= 4 is 24.2 Å². The van der Waals surface area contributed by atoms with Crippen LogP contribution in [0.3, 0.4) is 0 Å². The van der Waals surface area contributed by atoms with Crippen LogP contribution in [0.2, 0.25) is 0 Å². The smallest absolute Gasteiger partial charge is 0.399 e. The average Bonchev–Trinajstić information content (AvgIpc) is 2.91. The zero-order valence-electron chi connectivity index (χ0n) is 13.5. The standard InChI is InChI=1S/C16H21BFNO3/c1-15(2)16(3,4)22-17(21-15)11-7-8-13(12(18)10-11)19-9-5-6-14(19)20/h7-8,10H,5-6,9H2,1-4H3. The van der Waals surface area contributed by atoms with Gasteiger partial charge in [-0.3, -0.25) is 4.79 Å². The molecule has 4 nitrogen and oxygen atoms in total. The number of anilines is 1. The van der Waals surface area contributed by atoms with Crippen LogP contribution in [-0.4, -0.2) is 30.8 Å². The van der Waals surface area contributed by atoms with Crippen molar-refractivity contribution in [3.05, 3.63) is 24.0 Å². The summed E-state index contributed by atoms with van der Waals surface area (Å²) < 4.78 is 26.3. The molecule has 0 saturated carbocycles. The number of hydrogen-bond acceptors (Lipinski definition) is 3. The lowest BCUT2D eigenvalue weighted by Gasteiger charge is -2.32. The molecule has 2 aliphatic rings. The van der Waals surface area contributed by atoms with Gasteiger partial charge in [0.25, 0.3) is 0 Å². The maximum Gasteiger partial charge on any atom is 0.494 e. The molecule has 0 aromatic heterocycles. The van der Waals surface area contributed by atoms with Crippen molar-refractivity contribution in [2.24, 2.45) is 0 Å². The second kappa shape index (κ2) is 5.06. The largest absolute Gasteiger partial charge is 0.494 e. The van der Waals surface area contributed by atoms with Crippen molar-refractivity contribution in [3.63, 3.8) is 0 Å². The van der Waals surface area contributed by atoms with Gasteiger partial charge in [0.15, 0.2) is 0 Å². The highest BCUT2D eigenvalue weighted by Crippen LogP contribution is 2.36. The van der Waals surface area contributed by atoms with E-state index in [-0.39, 0.29) is 5.91 Å². The minimum Gasteiger partial charge on any atom is -0.399 e. The molecular formula is C16H21BFNO3. The molecule has 3 rings (SSSR count). The minimum atomic E-state index is -0.595. The van der Waals surface area contributed by atoms with Crippen LogP contribution in [0.4, 0.5) is 10.1 Å². The maximum absolute atomic E-state index is 14.4. The van der Waals surface area contributed by atoms with Crippen LogP contribution in [0.25, 0.3) is 0 Å². The Morgan fingerprint density at radius 3 is 2.32 bits per heavy atom. The van der Waals surface area contributed by atoms with Gasteiger partial charge < -0.3 is 14.2 Å². The van der Waals surface area contributed by atoms with Gasteiger partial charge in [-0.2, -0.15) is 0 Å². The quantitative estimate of drug-likeness (QED) is 0.787. The third-order valence-electron chi connectivity index (χ3n) is 4.86. The molecule has 2 fully saturated rings. The predicted octanol–water partition coefficient (Wildman–Crippen LogP) is 2.25. The minimum absolute atomic E-state index is 0.0257. The lowest BCUT2D eigenvalue weighted by molar-refractivity contribution is -0.117. The Bertz CT molecular complexity index is 601. The van der Waals surface area contributed by atoms with Gasteiger partial charge in [-0.25, -0.2) is 4.39 Å². The summed E-state index contributed by atoms with van der Waals surface area (Å²) in [5.41, 5.74) is 0.0458. The molecule has 1 aromatic carbocycles. The Morgan fingerprint density at radius 1 is 1.18 bits per heavy atom. The molecule has 0 aliphatic carbocycles. The molecule has 22 heavy (non-hydrogen) atoms. The molecule has 1 amide bonds. The van der Waals surface area contributed by atoms with E-state index in [1.165, 1.54) is 11.0 Å². The van der Waals surface area contributed by atoms with Gasteiger partial charge in [-0.1, -0.05) is 6.07 Å². The van der Waals surface area contributed by atoms with E-state index in [4.69, 9.17) is 9.31 Å². The van der Waals surface area contributed by atoms with Gasteiger partial charge in [0.1, 0.15) is 5.82 Å². The third-order valence-corrected chi connectivity index (χ3v) is 4.86. The topological polar surface area (TPSA) is 38.8 Å². The summed E-state index contributed by atoms with van der Waals surface area (Å²) in [4.78, 5) is 13.3. The fourth-order valence-corrected chi connectivity index (χ4v) is 2.77. The molecule has 0 radical (unpaired) electrons. The number of amides is 1. The first-order valence-electron chi connectivity index (χ1n) is 7.67. The fourth-order valence-electron chi connectivity index (χ4n) is 2.77. The van der Waals surface area contributed by atoms with Crippen LogP contribution in [0, 0.1) is 5.82 Å². The van der Waals surface area contributed by atoms with Crippen LogP contribution in [0.15, 0.2) is 18.2 Å². The molecule has 0 bridgehead atoms. The zero-order chi connectivity index (χ0) is 16.1. The zero-order valence-corrected chi connectivity index (χ0v) is 13.5. The van der Waals surface area contributed by atoms with Crippen LogP contribution in [0.5, 0.6) is 0 Å². The van der Waals surface area contributed by atoms with Gasteiger partial charge in [-0.15, -0.1) is 0 Å². The SMILES string of the molecule is CC1(C)OB(c2ccc(N3CCCC3=O)c(F)c2)OC1(C)C. The van der Waals surface area contributed by atoms with E-state index < -0.39 is 24.1 Å². The van der Waals surface area contributed by atoms with Crippen molar-refractivity contribution < 1.29 is 18.5 Å². The Balaban J connectivity index is 1.86. The third kappa shape index (κ3) is 2.44. The summed E-state index contributed by atoms with van der Waals surface area (Å²) in [6.45, 7) is 8.41. The number of nitrogens with zero attached hydrogens (tertiary/aromatic N) is 1. The van der Waals surface area contributed by atoms with Crippen molar-refractivity contribution in [1.29, 1.82) is 0 Å². The second-order valence-corrected chi connectivity index (χ2v) is 6.95.